The van der Waals surface area contributed by atoms with Gasteiger partial charge >= 0.3 is 0 Å². The van der Waals surface area contributed by atoms with Crippen LogP contribution in [0.15, 0.2) is 24.3 Å². The van der Waals surface area contributed by atoms with Crippen molar-refractivity contribution in [3.05, 3.63) is 29.8 Å². The van der Waals surface area contributed by atoms with Crippen molar-refractivity contribution >= 4 is 11.6 Å². The van der Waals surface area contributed by atoms with Crippen molar-refractivity contribution in [2.24, 2.45) is 0 Å². The Morgan fingerprint density at radius 3 is 2.94 bits per heavy atom. The Kier molecular flexibility index (Phi) is 3.07. The molecule has 1 aromatic rings. The highest BCUT2D eigenvalue weighted by atomic mass is 16.2. The van der Waals surface area contributed by atoms with E-state index in [1.165, 1.54) is 0 Å². The van der Waals surface area contributed by atoms with E-state index >= 15 is 0 Å². The first-order valence-electron chi connectivity index (χ1n) is 5.88. The fraction of sp³-hybridized carbons (Fsp3) is 0.462. The zero-order valence-corrected chi connectivity index (χ0v) is 10.4. The SMILES string of the molecule is CC1(C)C(=O)NCCN1Cc1cccc(N)c1. The predicted octanol–water partition coefficient (Wildman–Crippen LogP) is 0.979. The number of nitrogens with two attached hydrogens (primary N) is 1. The molecule has 1 heterocycles. The van der Waals surface area contributed by atoms with Gasteiger partial charge in [0.25, 0.3) is 0 Å². The van der Waals surface area contributed by atoms with Crippen LogP contribution in [0, 0.1) is 0 Å². The molecule has 0 spiro atoms. The average molecular weight is 233 g/mol. The molecule has 4 heteroatoms. The topological polar surface area (TPSA) is 58.4 Å². The van der Waals surface area contributed by atoms with Crippen LogP contribution in [0.25, 0.3) is 0 Å². The minimum absolute atomic E-state index is 0.0904. The highest BCUT2D eigenvalue weighted by Crippen LogP contribution is 2.21. The number of carbonyl (C=O) groups is 1. The van der Waals surface area contributed by atoms with Crippen molar-refractivity contribution in [2.45, 2.75) is 25.9 Å². The van der Waals surface area contributed by atoms with E-state index in [9.17, 15) is 4.79 Å². The predicted molar refractivity (Wildman–Crippen MR) is 68.4 cm³/mol. The number of nitrogen functional groups attached to an aromatic ring is 1. The van der Waals surface area contributed by atoms with Crippen LogP contribution in [-0.2, 0) is 11.3 Å². The van der Waals surface area contributed by atoms with Crippen LogP contribution < -0.4 is 11.1 Å². The lowest BCUT2D eigenvalue weighted by Crippen LogP contribution is -2.61. The van der Waals surface area contributed by atoms with Gasteiger partial charge in [0.2, 0.25) is 5.91 Å². The maximum absolute atomic E-state index is 11.8. The van der Waals surface area contributed by atoms with Gasteiger partial charge in [-0.05, 0) is 31.5 Å². The van der Waals surface area contributed by atoms with Gasteiger partial charge in [-0.2, -0.15) is 0 Å². The van der Waals surface area contributed by atoms with E-state index in [0.29, 0.717) is 6.54 Å². The third kappa shape index (κ3) is 2.42. The number of nitrogens with one attached hydrogen (secondary N) is 1. The Balaban J connectivity index is 2.15. The van der Waals surface area contributed by atoms with Gasteiger partial charge in [-0.1, -0.05) is 12.1 Å². The second-order valence-electron chi connectivity index (χ2n) is 4.98. The molecule has 1 aliphatic heterocycles. The van der Waals surface area contributed by atoms with Crippen LogP contribution in [0.5, 0.6) is 0 Å². The lowest BCUT2D eigenvalue weighted by molar-refractivity contribution is -0.135. The van der Waals surface area contributed by atoms with E-state index in [4.69, 9.17) is 5.73 Å². The average Bonchev–Trinajstić information content (AvgIpc) is 2.25. The molecule has 1 aliphatic rings. The van der Waals surface area contributed by atoms with Gasteiger partial charge in [0.1, 0.15) is 0 Å². The third-order valence-corrected chi connectivity index (χ3v) is 3.34. The van der Waals surface area contributed by atoms with E-state index in [0.717, 1.165) is 24.3 Å². The normalized spacial score (nSPS) is 20.0. The lowest BCUT2D eigenvalue weighted by Gasteiger charge is -2.41. The summed E-state index contributed by atoms with van der Waals surface area (Å²) >= 11 is 0. The van der Waals surface area contributed by atoms with E-state index < -0.39 is 5.54 Å². The summed E-state index contributed by atoms with van der Waals surface area (Å²) in [4.78, 5) is 14.0. The molecule has 0 radical (unpaired) electrons. The van der Waals surface area contributed by atoms with E-state index in [-0.39, 0.29) is 5.91 Å². The van der Waals surface area contributed by atoms with Crippen LogP contribution in [0.2, 0.25) is 0 Å². The largest absolute Gasteiger partial charge is 0.399 e. The molecule has 92 valence electrons. The minimum Gasteiger partial charge on any atom is -0.399 e. The zero-order valence-electron chi connectivity index (χ0n) is 10.4. The lowest BCUT2D eigenvalue weighted by atomic mass is 9.98. The summed E-state index contributed by atoms with van der Waals surface area (Å²) in [7, 11) is 0. The van der Waals surface area contributed by atoms with Crippen molar-refractivity contribution in [1.29, 1.82) is 0 Å². The van der Waals surface area contributed by atoms with Crippen molar-refractivity contribution < 1.29 is 4.79 Å². The van der Waals surface area contributed by atoms with Crippen molar-refractivity contribution in [3.63, 3.8) is 0 Å². The maximum Gasteiger partial charge on any atom is 0.240 e. The van der Waals surface area contributed by atoms with Crippen molar-refractivity contribution in [2.75, 3.05) is 18.8 Å². The van der Waals surface area contributed by atoms with Gasteiger partial charge in [0.15, 0.2) is 0 Å². The van der Waals surface area contributed by atoms with Gasteiger partial charge in [0, 0.05) is 25.3 Å². The van der Waals surface area contributed by atoms with Crippen LogP contribution in [0.1, 0.15) is 19.4 Å². The summed E-state index contributed by atoms with van der Waals surface area (Å²) in [6, 6.07) is 7.82. The molecule has 2 rings (SSSR count). The third-order valence-electron chi connectivity index (χ3n) is 3.34. The molecule has 4 nitrogen and oxygen atoms in total. The number of carbonyl (C=O) groups excluding carboxylic acids is 1. The number of benzene rings is 1. The number of piperazine rings is 1. The minimum atomic E-state index is -0.456. The molecule has 1 saturated heterocycles. The molecule has 17 heavy (non-hydrogen) atoms. The summed E-state index contributed by atoms with van der Waals surface area (Å²) in [6.07, 6.45) is 0. The zero-order chi connectivity index (χ0) is 12.5. The quantitative estimate of drug-likeness (QED) is 0.749. The fourth-order valence-electron chi connectivity index (χ4n) is 2.13. The molecule has 1 amide bonds. The number of hydrogen-bond acceptors (Lipinski definition) is 3. The molecule has 1 aromatic carbocycles. The van der Waals surface area contributed by atoms with Crippen LogP contribution in [0.3, 0.4) is 0 Å². The molecule has 0 aromatic heterocycles. The van der Waals surface area contributed by atoms with Gasteiger partial charge in [0.05, 0.1) is 5.54 Å². The van der Waals surface area contributed by atoms with E-state index in [2.05, 4.69) is 10.2 Å². The molecule has 0 bridgehead atoms. The Morgan fingerprint density at radius 2 is 2.24 bits per heavy atom. The maximum atomic E-state index is 11.8. The number of anilines is 1. The molecule has 0 unspecified atom stereocenters. The summed E-state index contributed by atoms with van der Waals surface area (Å²) in [5.74, 6) is 0.0904. The highest BCUT2D eigenvalue weighted by molar-refractivity contribution is 5.86. The Morgan fingerprint density at radius 1 is 1.47 bits per heavy atom. The molecule has 0 atom stereocenters. The molecule has 0 saturated carbocycles. The van der Waals surface area contributed by atoms with E-state index in [1.807, 2.05) is 38.1 Å². The Labute approximate surface area is 102 Å². The molecule has 3 N–H and O–H groups in total. The molecular weight excluding hydrogens is 214 g/mol. The van der Waals surface area contributed by atoms with Gasteiger partial charge in [-0.25, -0.2) is 0 Å². The number of rotatable bonds is 2. The fourth-order valence-corrected chi connectivity index (χ4v) is 2.13. The van der Waals surface area contributed by atoms with Crippen molar-refractivity contribution in [3.8, 4) is 0 Å². The second kappa shape index (κ2) is 4.37. The summed E-state index contributed by atoms with van der Waals surface area (Å²) in [5.41, 5.74) is 7.22. The first-order chi connectivity index (χ1) is 8.00. The number of hydrogen-bond donors (Lipinski definition) is 2. The molecular formula is C13H19N3O. The van der Waals surface area contributed by atoms with E-state index in [1.54, 1.807) is 0 Å². The summed E-state index contributed by atoms with van der Waals surface area (Å²) in [6.45, 7) is 6.24. The van der Waals surface area contributed by atoms with Crippen LogP contribution in [-0.4, -0.2) is 29.4 Å². The van der Waals surface area contributed by atoms with Gasteiger partial charge in [-0.3, -0.25) is 9.69 Å². The molecule has 1 fully saturated rings. The summed E-state index contributed by atoms with van der Waals surface area (Å²) in [5, 5.41) is 2.89. The highest BCUT2D eigenvalue weighted by Gasteiger charge is 2.37. The van der Waals surface area contributed by atoms with Gasteiger partial charge in [-0.15, -0.1) is 0 Å². The Hall–Kier alpha value is -1.55. The number of nitrogens with zero attached hydrogens (tertiary/aromatic N) is 1. The first-order valence-corrected chi connectivity index (χ1v) is 5.88. The second-order valence-corrected chi connectivity index (χ2v) is 4.98. The van der Waals surface area contributed by atoms with Gasteiger partial charge < -0.3 is 11.1 Å². The summed E-state index contributed by atoms with van der Waals surface area (Å²) < 4.78 is 0. The van der Waals surface area contributed by atoms with Crippen molar-refractivity contribution in [1.82, 2.24) is 10.2 Å². The Bertz CT molecular complexity index is 428. The number of amides is 1. The molecule has 0 aliphatic carbocycles. The van der Waals surface area contributed by atoms with Crippen LogP contribution >= 0.6 is 0 Å². The monoisotopic (exact) mass is 233 g/mol. The first kappa shape index (κ1) is 11.9. The van der Waals surface area contributed by atoms with Crippen LogP contribution in [0.4, 0.5) is 5.69 Å². The smallest absolute Gasteiger partial charge is 0.240 e. The standard InChI is InChI=1S/C13H19N3O/c1-13(2)12(17)15-6-7-16(13)9-10-4-3-5-11(14)8-10/h3-5,8H,6-7,9,14H2,1-2H3,(H,15,17).